The molecule has 0 radical (unpaired) electrons. The number of fused-ring (bicyclic) bond motifs is 2. The second kappa shape index (κ2) is 12.8. The first-order chi connectivity index (χ1) is 18.8. The van der Waals surface area contributed by atoms with Crippen molar-refractivity contribution >= 4 is 16.8 Å². The molecule has 226 valence electrons. The largest absolute Gasteiger partial charge is 0.456 e. The Balaban J connectivity index is 0.00000141. The minimum Gasteiger partial charge on any atom is -0.456 e. The van der Waals surface area contributed by atoms with E-state index in [-0.39, 0.29) is 21.7 Å². The molecule has 0 spiro atoms. The quantitative estimate of drug-likeness (QED) is 0.305. The van der Waals surface area contributed by atoms with Gasteiger partial charge in [-0.1, -0.05) is 153 Å². The van der Waals surface area contributed by atoms with Crippen LogP contribution in [0.5, 0.6) is 11.5 Å². The second-order valence-electron chi connectivity index (χ2n) is 15.2. The van der Waals surface area contributed by atoms with Crippen molar-refractivity contribution in [1.29, 1.82) is 0 Å². The van der Waals surface area contributed by atoms with E-state index in [4.69, 9.17) is 4.74 Å². The van der Waals surface area contributed by atoms with Crippen molar-refractivity contribution in [2.45, 2.75) is 140 Å². The number of rotatable bonds is 2. The Labute approximate surface area is 253 Å². The van der Waals surface area contributed by atoms with Gasteiger partial charge >= 0.3 is 0 Å². The van der Waals surface area contributed by atoms with Gasteiger partial charge < -0.3 is 4.74 Å². The van der Waals surface area contributed by atoms with E-state index in [0.717, 1.165) is 24.3 Å². The van der Waals surface area contributed by atoms with Crippen molar-refractivity contribution in [3.63, 3.8) is 0 Å². The molecule has 0 amide bonds. The van der Waals surface area contributed by atoms with E-state index in [9.17, 15) is 0 Å². The lowest BCUT2D eigenvalue weighted by Gasteiger charge is -2.30. The van der Waals surface area contributed by atoms with Gasteiger partial charge in [0, 0.05) is 10.9 Å². The molecular weight excluding hydrogens is 496 g/mol. The van der Waals surface area contributed by atoms with Crippen LogP contribution in [0.15, 0.2) is 48.0 Å². The van der Waals surface area contributed by atoms with E-state index in [1.54, 1.807) is 0 Å². The van der Waals surface area contributed by atoms with Crippen LogP contribution in [0.3, 0.4) is 0 Å². The van der Waals surface area contributed by atoms with Crippen molar-refractivity contribution in [2.24, 2.45) is 5.41 Å². The maximum absolute atomic E-state index is 6.98. The maximum atomic E-state index is 6.98. The molecule has 1 aliphatic carbocycles. The van der Waals surface area contributed by atoms with Crippen LogP contribution in [0.4, 0.5) is 0 Å². The maximum Gasteiger partial charge on any atom is 0.135 e. The number of allylic oxidation sites excluding steroid dienone is 1. The zero-order chi connectivity index (χ0) is 31.6. The highest BCUT2D eigenvalue weighted by molar-refractivity contribution is 5.90. The zero-order valence-corrected chi connectivity index (χ0v) is 29.4. The lowest BCUT2D eigenvalue weighted by atomic mass is 9.76. The first-order valence-electron chi connectivity index (χ1n) is 16.0. The van der Waals surface area contributed by atoms with Crippen LogP contribution in [-0.4, -0.2) is 0 Å². The summed E-state index contributed by atoms with van der Waals surface area (Å²) in [7, 11) is 0. The summed E-state index contributed by atoms with van der Waals surface area (Å²) in [6.07, 6.45) is 4.53. The highest BCUT2D eigenvalue weighted by Gasteiger charge is 2.27. The monoisotopic (exact) mass is 556 g/mol. The fourth-order valence-corrected chi connectivity index (χ4v) is 5.14. The van der Waals surface area contributed by atoms with E-state index in [0.29, 0.717) is 0 Å². The number of benzene rings is 3. The number of ether oxygens (including phenoxy) is 1. The Hall–Kier alpha value is -2.54. The summed E-state index contributed by atoms with van der Waals surface area (Å²) < 4.78 is 6.98. The van der Waals surface area contributed by atoms with Gasteiger partial charge in [-0.25, -0.2) is 0 Å². The lowest BCUT2D eigenvalue weighted by Crippen LogP contribution is -2.16. The van der Waals surface area contributed by atoms with Gasteiger partial charge in [-0.2, -0.15) is 0 Å². The molecule has 1 aliphatic rings. The Morgan fingerprint density at radius 1 is 0.512 bits per heavy atom. The third-order valence-corrected chi connectivity index (χ3v) is 7.91. The summed E-state index contributed by atoms with van der Waals surface area (Å²) >= 11 is 0. The Kier molecular flexibility index (Phi) is 10.8. The zero-order valence-electron chi connectivity index (χ0n) is 29.4. The van der Waals surface area contributed by atoms with Gasteiger partial charge in [0.05, 0.1) is 0 Å². The average Bonchev–Trinajstić information content (AvgIpc) is 2.88. The number of hydrogen-bond acceptors (Lipinski definition) is 1. The molecule has 1 heteroatoms. The third kappa shape index (κ3) is 8.27. The van der Waals surface area contributed by atoms with E-state index < -0.39 is 0 Å². The van der Waals surface area contributed by atoms with E-state index >= 15 is 0 Å². The molecule has 0 N–H and O–H groups in total. The van der Waals surface area contributed by atoms with Crippen molar-refractivity contribution in [3.8, 4) is 11.5 Å². The Morgan fingerprint density at radius 2 is 1.00 bits per heavy atom. The molecule has 0 aromatic heterocycles. The predicted octanol–water partition coefficient (Wildman–Crippen LogP) is 13.0. The van der Waals surface area contributed by atoms with Crippen molar-refractivity contribution in [1.82, 2.24) is 0 Å². The normalized spacial score (nSPS) is 13.8. The van der Waals surface area contributed by atoms with Crippen molar-refractivity contribution in [3.05, 3.63) is 75.9 Å². The summed E-state index contributed by atoms with van der Waals surface area (Å²) in [6, 6.07) is 16.2. The summed E-state index contributed by atoms with van der Waals surface area (Å²) in [5, 5.41) is 2.43. The first kappa shape index (κ1) is 34.7. The lowest BCUT2D eigenvalue weighted by molar-refractivity contribution is 0.463. The molecule has 41 heavy (non-hydrogen) atoms. The molecule has 0 bridgehead atoms. The van der Waals surface area contributed by atoms with E-state index in [1.165, 1.54) is 44.2 Å². The molecule has 4 rings (SSSR count). The summed E-state index contributed by atoms with van der Waals surface area (Å²) in [6.45, 7) is 35.5. The van der Waals surface area contributed by atoms with Crippen molar-refractivity contribution in [2.75, 3.05) is 0 Å². The summed E-state index contributed by atoms with van der Waals surface area (Å²) in [4.78, 5) is 0. The van der Waals surface area contributed by atoms with Crippen LogP contribution in [0.2, 0.25) is 0 Å². The second-order valence-corrected chi connectivity index (χ2v) is 15.2. The van der Waals surface area contributed by atoms with E-state index in [2.05, 4.69) is 132 Å². The number of hydrogen-bond donors (Lipinski definition) is 0. The van der Waals surface area contributed by atoms with Gasteiger partial charge in [-0.15, -0.1) is 0 Å². The fraction of sp³-hybridized carbons (Fsp3) is 0.550. The molecule has 0 aliphatic heterocycles. The molecular formula is C40H60O. The topological polar surface area (TPSA) is 9.23 Å². The van der Waals surface area contributed by atoms with Crippen LogP contribution in [0, 0.1) is 5.41 Å². The molecule has 0 saturated carbocycles. The SMILES string of the molecule is CC.CC.CC(C)(C)C1=Cc2cc(C(C)(C)C)cc(Oc3cc(C(C)(C)C)cc4cc(C(C)(C)C)ccc34)c2CC1. The molecule has 0 unspecified atom stereocenters. The summed E-state index contributed by atoms with van der Waals surface area (Å²) in [5.41, 5.74) is 8.50. The molecule has 3 aromatic carbocycles. The van der Waals surface area contributed by atoms with Gasteiger partial charge in [0.15, 0.2) is 0 Å². The van der Waals surface area contributed by atoms with Gasteiger partial charge in [-0.05, 0) is 74.3 Å². The van der Waals surface area contributed by atoms with Crippen LogP contribution in [0.1, 0.15) is 145 Å². The van der Waals surface area contributed by atoms with Crippen LogP contribution in [-0.2, 0) is 22.7 Å². The minimum absolute atomic E-state index is 0.0288. The van der Waals surface area contributed by atoms with E-state index in [1.807, 2.05) is 27.7 Å². The van der Waals surface area contributed by atoms with Gasteiger partial charge in [0.2, 0.25) is 0 Å². The highest BCUT2D eigenvalue weighted by atomic mass is 16.5. The van der Waals surface area contributed by atoms with Gasteiger partial charge in [0.25, 0.3) is 0 Å². The van der Waals surface area contributed by atoms with Gasteiger partial charge in [-0.3, -0.25) is 0 Å². The molecule has 1 nitrogen and oxygen atoms in total. The van der Waals surface area contributed by atoms with Gasteiger partial charge in [0.1, 0.15) is 11.5 Å². The minimum atomic E-state index is 0.0288. The fourth-order valence-electron chi connectivity index (χ4n) is 5.14. The molecule has 3 aromatic rings. The highest BCUT2D eigenvalue weighted by Crippen LogP contribution is 2.44. The smallest absolute Gasteiger partial charge is 0.135 e. The third-order valence-electron chi connectivity index (χ3n) is 7.91. The average molecular weight is 557 g/mol. The molecule has 0 fully saturated rings. The molecule has 0 saturated heterocycles. The van der Waals surface area contributed by atoms with Crippen molar-refractivity contribution < 1.29 is 4.74 Å². The predicted molar refractivity (Wildman–Crippen MR) is 185 cm³/mol. The van der Waals surface area contributed by atoms with Crippen LogP contribution in [0.25, 0.3) is 16.8 Å². The van der Waals surface area contributed by atoms with Crippen LogP contribution < -0.4 is 4.74 Å². The molecule has 0 heterocycles. The first-order valence-corrected chi connectivity index (χ1v) is 16.0. The standard InChI is InChI=1S/C36H48O.2C2H6/c1-33(2,3)25-13-15-29-23(17-25)19-27(35(7,8)9)21-31(29)37-32-22-28(36(10,11)12)20-24-18-26(34(4,5)6)14-16-30(24)32;2*1-2/h13,15,17-22H,14,16H2,1-12H3;2*1-2H3. The van der Waals surface area contributed by atoms with Crippen LogP contribution >= 0.6 is 0 Å². The molecule has 0 atom stereocenters. The Morgan fingerprint density at radius 3 is 1.51 bits per heavy atom. The Bertz CT molecular complexity index is 1350. The summed E-state index contributed by atoms with van der Waals surface area (Å²) in [5.74, 6) is 1.97.